The Bertz CT molecular complexity index is 2350. The van der Waals surface area contributed by atoms with Crippen LogP contribution in [0.15, 0.2) is 133 Å². The first kappa shape index (κ1) is 23.9. The molecule has 200 valence electrons. The van der Waals surface area contributed by atoms with Crippen LogP contribution in [0.4, 0.5) is 0 Å². The van der Waals surface area contributed by atoms with Crippen molar-refractivity contribution in [3.05, 3.63) is 156 Å². The first-order valence-corrected chi connectivity index (χ1v) is 14.4. The predicted molar refractivity (Wildman–Crippen MR) is 171 cm³/mol. The Kier molecular flexibility index (Phi) is 4.91. The van der Waals surface area contributed by atoms with E-state index in [1.54, 1.807) is 0 Å². The highest BCUT2D eigenvalue weighted by Crippen LogP contribution is 2.53. The fraction of sp³-hybridized carbons (Fsp3) is 0. The zero-order chi connectivity index (χ0) is 28.7. The van der Waals surface area contributed by atoms with E-state index in [2.05, 4.69) is 24.3 Å². The van der Waals surface area contributed by atoms with Gasteiger partial charge in [0.15, 0.2) is 11.6 Å². The van der Waals surface area contributed by atoms with Crippen molar-refractivity contribution >= 4 is 33.1 Å². The van der Waals surface area contributed by atoms with Crippen LogP contribution in [-0.4, -0.2) is 11.6 Å². The van der Waals surface area contributed by atoms with Gasteiger partial charge in [-0.25, -0.2) is 0 Å². The van der Waals surface area contributed by atoms with Crippen LogP contribution in [0.3, 0.4) is 0 Å². The number of fused-ring (bicyclic) bond motifs is 4. The van der Waals surface area contributed by atoms with Crippen molar-refractivity contribution < 1.29 is 14.3 Å². The Hall–Kier alpha value is -5.80. The molecule has 0 atom stereocenters. The first-order valence-electron chi connectivity index (χ1n) is 14.4. The third-order valence-electron chi connectivity index (χ3n) is 8.79. The lowest BCUT2D eigenvalue weighted by atomic mass is 9.80. The second-order valence-corrected chi connectivity index (χ2v) is 11.1. The van der Waals surface area contributed by atoms with Gasteiger partial charge in [-0.1, -0.05) is 121 Å². The molecule has 0 fully saturated rings. The Labute approximate surface area is 247 Å². The molecule has 3 nitrogen and oxygen atoms in total. The minimum atomic E-state index is 0.0185. The highest BCUT2D eigenvalue weighted by molar-refractivity contribution is 6.28. The summed E-state index contributed by atoms with van der Waals surface area (Å²) in [6.07, 6.45) is 0. The van der Waals surface area contributed by atoms with E-state index in [0.717, 1.165) is 54.9 Å². The topological polar surface area (TPSA) is 43.4 Å². The molecule has 0 heterocycles. The SMILES string of the molecule is O=C1c2ccccc2-c2c(Oc3c(-c4ccccc4)cc4cccc5c4c3-c3ccccc3C5=O)ccc3cccc1c23. The van der Waals surface area contributed by atoms with Crippen LogP contribution in [0.2, 0.25) is 0 Å². The summed E-state index contributed by atoms with van der Waals surface area (Å²) in [5.74, 6) is 1.40. The summed E-state index contributed by atoms with van der Waals surface area (Å²) in [7, 11) is 0. The molecular formula is C40H22O3. The maximum Gasteiger partial charge on any atom is 0.194 e. The van der Waals surface area contributed by atoms with Gasteiger partial charge in [0.25, 0.3) is 0 Å². The summed E-state index contributed by atoms with van der Waals surface area (Å²) < 4.78 is 7.16. The summed E-state index contributed by atoms with van der Waals surface area (Å²) >= 11 is 0. The fourth-order valence-electron chi connectivity index (χ4n) is 6.92. The van der Waals surface area contributed by atoms with E-state index in [-0.39, 0.29) is 11.6 Å². The van der Waals surface area contributed by atoms with Crippen molar-refractivity contribution in [3.8, 4) is 44.9 Å². The number of rotatable bonds is 3. The van der Waals surface area contributed by atoms with E-state index in [9.17, 15) is 9.59 Å². The van der Waals surface area contributed by atoms with Crippen LogP contribution < -0.4 is 4.74 Å². The van der Waals surface area contributed by atoms with Crippen LogP contribution in [0.1, 0.15) is 31.8 Å². The molecule has 3 heteroatoms. The molecule has 7 aromatic carbocycles. The number of hydrogen-bond acceptors (Lipinski definition) is 3. The van der Waals surface area contributed by atoms with Gasteiger partial charge in [0.2, 0.25) is 0 Å². The van der Waals surface area contributed by atoms with Crippen LogP contribution in [0, 0.1) is 0 Å². The van der Waals surface area contributed by atoms with E-state index in [0.29, 0.717) is 33.8 Å². The molecular weight excluding hydrogens is 528 g/mol. The zero-order valence-electron chi connectivity index (χ0n) is 22.9. The second-order valence-electron chi connectivity index (χ2n) is 11.1. The molecule has 0 saturated heterocycles. The molecule has 0 bridgehead atoms. The molecule has 0 saturated carbocycles. The Morgan fingerprint density at radius 1 is 0.395 bits per heavy atom. The summed E-state index contributed by atoms with van der Waals surface area (Å²) in [5.41, 5.74) is 8.16. The zero-order valence-corrected chi connectivity index (χ0v) is 22.9. The maximum absolute atomic E-state index is 13.7. The fourth-order valence-corrected chi connectivity index (χ4v) is 6.92. The van der Waals surface area contributed by atoms with Crippen LogP contribution in [-0.2, 0) is 0 Å². The summed E-state index contributed by atoms with van der Waals surface area (Å²) in [5, 5.41) is 3.77. The Morgan fingerprint density at radius 3 is 1.60 bits per heavy atom. The van der Waals surface area contributed by atoms with E-state index in [1.165, 1.54) is 0 Å². The van der Waals surface area contributed by atoms with Crippen LogP contribution >= 0.6 is 0 Å². The van der Waals surface area contributed by atoms with Gasteiger partial charge in [0.1, 0.15) is 11.5 Å². The third-order valence-corrected chi connectivity index (χ3v) is 8.79. The van der Waals surface area contributed by atoms with E-state index >= 15 is 0 Å². The number of ether oxygens (including phenoxy) is 1. The monoisotopic (exact) mass is 550 g/mol. The van der Waals surface area contributed by atoms with Gasteiger partial charge < -0.3 is 4.74 Å². The quantitative estimate of drug-likeness (QED) is 0.220. The highest BCUT2D eigenvalue weighted by Gasteiger charge is 2.32. The van der Waals surface area contributed by atoms with Crippen molar-refractivity contribution in [1.82, 2.24) is 0 Å². The molecule has 0 aliphatic heterocycles. The normalized spacial score (nSPS) is 12.7. The summed E-state index contributed by atoms with van der Waals surface area (Å²) in [4.78, 5) is 27.3. The lowest BCUT2D eigenvalue weighted by molar-refractivity contribution is 0.103. The molecule has 0 amide bonds. The van der Waals surface area contributed by atoms with E-state index < -0.39 is 0 Å². The molecule has 0 radical (unpaired) electrons. The number of benzene rings is 7. The van der Waals surface area contributed by atoms with Crippen molar-refractivity contribution in [2.24, 2.45) is 0 Å². The molecule has 2 aliphatic carbocycles. The van der Waals surface area contributed by atoms with Crippen molar-refractivity contribution in [3.63, 3.8) is 0 Å². The largest absolute Gasteiger partial charge is 0.455 e. The van der Waals surface area contributed by atoms with E-state index in [4.69, 9.17) is 4.74 Å². The van der Waals surface area contributed by atoms with Crippen molar-refractivity contribution in [1.29, 1.82) is 0 Å². The molecule has 0 N–H and O–H groups in total. The Morgan fingerprint density at radius 2 is 0.930 bits per heavy atom. The standard InChI is InChI=1S/C40H22O3/c41-38-28-16-6-4-14-26(28)36-33(21-20-24-12-8-18-30(38)34(24)36)43-40-32(23-10-2-1-3-11-23)22-25-13-9-19-31-35(25)37(40)27-15-5-7-17-29(27)39(31)42/h1-22H. The minimum Gasteiger partial charge on any atom is -0.455 e. The van der Waals surface area contributed by atoms with E-state index in [1.807, 2.05) is 109 Å². The first-order chi connectivity index (χ1) is 21.2. The number of hydrogen-bond donors (Lipinski definition) is 0. The van der Waals surface area contributed by atoms with Gasteiger partial charge in [0, 0.05) is 49.7 Å². The molecule has 0 aromatic heterocycles. The molecule has 0 unspecified atom stereocenters. The lowest BCUT2D eigenvalue weighted by Gasteiger charge is -2.27. The molecule has 2 aliphatic rings. The summed E-state index contributed by atoms with van der Waals surface area (Å²) in [6.45, 7) is 0. The van der Waals surface area contributed by atoms with Gasteiger partial charge in [-0.05, 0) is 39.6 Å². The van der Waals surface area contributed by atoms with Gasteiger partial charge in [0.05, 0.1) is 0 Å². The number of ketones is 2. The van der Waals surface area contributed by atoms with Gasteiger partial charge in [-0.2, -0.15) is 0 Å². The van der Waals surface area contributed by atoms with Gasteiger partial charge in [-0.3, -0.25) is 9.59 Å². The minimum absolute atomic E-state index is 0.0185. The smallest absolute Gasteiger partial charge is 0.194 e. The molecule has 9 rings (SSSR count). The molecule has 7 aromatic rings. The third kappa shape index (κ3) is 3.30. The molecule has 0 spiro atoms. The number of carbonyl (C=O) groups excluding carboxylic acids is 2. The Balaban J connectivity index is 1.41. The number of carbonyl (C=O) groups is 2. The average Bonchev–Trinajstić information content (AvgIpc) is 3.06. The lowest BCUT2D eigenvalue weighted by Crippen LogP contribution is -2.12. The highest BCUT2D eigenvalue weighted by atomic mass is 16.5. The summed E-state index contributed by atoms with van der Waals surface area (Å²) in [6, 6.07) is 43.7. The van der Waals surface area contributed by atoms with Crippen LogP contribution in [0.25, 0.3) is 54.9 Å². The van der Waals surface area contributed by atoms with Crippen molar-refractivity contribution in [2.45, 2.75) is 0 Å². The average molecular weight is 551 g/mol. The second kappa shape index (κ2) is 8.85. The van der Waals surface area contributed by atoms with Crippen LogP contribution in [0.5, 0.6) is 11.5 Å². The van der Waals surface area contributed by atoms with Gasteiger partial charge in [-0.15, -0.1) is 0 Å². The predicted octanol–water partition coefficient (Wildman–Crippen LogP) is 9.88. The van der Waals surface area contributed by atoms with Gasteiger partial charge >= 0.3 is 0 Å². The van der Waals surface area contributed by atoms with Crippen molar-refractivity contribution in [2.75, 3.05) is 0 Å². The molecule has 43 heavy (non-hydrogen) atoms. The maximum atomic E-state index is 13.7.